The van der Waals surface area contributed by atoms with E-state index in [0.29, 0.717) is 11.6 Å². The van der Waals surface area contributed by atoms with Crippen LogP contribution in [0.15, 0.2) is 18.2 Å². The molecule has 1 aliphatic heterocycles. The van der Waals surface area contributed by atoms with Crippen LogP contribution < -0.4 is 0 Å². The van der Waals surface area contributed by atoms with E-state index < -0.39 is 0 Å². The van der Waals surface area contributed by atoms with E-state index in [9.17, 15) is 4.39 Å². The van der Waals surface area contributed by atoms with Gasteiger partial charge in [-0.25, -0.2) is 4.39 Å². The van der Waals surface area contributed by atoms with Crippen LogP contribution in [0.3, 0.4) is 0 Å². The first kappa shape index (κ1) is 15.0. The number of halogens is 1. The standard InChI is InChI=1S/C17H22FNO/c1-13-7-8-19(14(2)10-13)12-16-5-6-17(18)11-15(16)4-3-9-20/h5-6,11,13-14,20H,7-10,12H2,1-2H3. The van der Waals surface area contributed by atoms with Crippen molar-refractivity contribution in [3.05, 3.63) is 35.1 Å². The fourth-order valence-electron chi connectivity index (χ4n) is 2.85. The van der Waals surface area contributed by atoms with Gasteiger partial charge < -0.3 is 5.11 Å². The average Bonchev–Trinajstić information content (AvgIpc) is 2.41. The van der Waals surface area contributed by atoms with Gasteiger partial charge in [-0.3, -0.25) is 4.90 Å². The molecule has 2 atom stereocenters. The van der Waals surface area contributed by atoms with Gasteiger partial charge in [0, 0.05) is 18.2 Å². The van der Waals surface area contributed by atoms with E-state index in [-0.39, 0.29) is 12.4 Å². The van der Waals surface area contributed by atoms with Gasteiger partial charge in [0.15, 0.2) is 0 Å². The molecule has 0 saturated carbocycles. The first-order valence-corrected chi connectivity index (χ1v) is 7.22. The Balaban J connectivity index is 2.16. The summed E-state index contributed by atoms with van der Waals surface area (Å²) in [7, 11) is 0. The molecule has 1 aromatic carbocycles. The van der Waals surface area contributed by atoms with Crippen LogP contribution in [0, 0.1) is 23.6 Å². The molecule has 0 radical (unpaired) electrons. The monoisotopic (exact) mass is 275 g/mol. The smallest absolute Gasteiger partial charge is 0.124 e. The Bertz CT molecular complexity index is 517. The number of benzene rings is 1. The second kappa shape index (κ2) is 6.88. The summed E-state index contributed by atoms with van der Waals surface area (Å²) < 4.78 is 13.3. The van der Waals surface area contributed by atoms with Gasteiger partial charge in [0.05, 0.1) is 0 Å². The summed E-state index contributed by atoms with van der Waals surface area (Å²) in [6.07, 6.45) is 2.42. The highest BCUT2D eigenvalue weighted by atomic mass is 19.1. The minimum Gasteiger partial charge on any atom is -0.384 e. The normalized spacial score (nSPS) is 23.2. The molecule has 0 aliphatic carbocycles. The van der Waals surface area contributed by atoms with Crippen LogP contribution >= 0.6 is 0 Å². The Hall–Kier alpha value is -1.37. The van der Waals surface area contributed by atoms with E-state index in [0.717, 1.165) is 24.6 Å². The number of hydrogen-bond donors (Lipinski definition) is 1. The van der Waals surface area contributed by atoms with Gasteiger partial charge in [-0.2, -0.15) is 0 Å². The molecular formula is C17H22FNO. The topological polar surface area (TPSA) is 23.5 Å². The third kappa shape index (κ3) is 3.82. The molecule has 1 saturated heterocycles. The minimum absolute atomic E-state index is 0.201. The highest BCUT2D eigenvalue weighted by Gasteiger charge is 2.23. The van der Waals surface area contributed by atoms with Crippen molar-refractivity contribution < 1.29 is 9.50 Å². The molecule has 3 heteroatoms. The zero-order valence-corrected chi connectivity index (χ0v) is 12.2. The number of aliphatic hydroxyl groups is 1. The van der Waals surface area contributed by atoms with Gasteiger partial charge in [-0.1, -0.05) is 24.8 Å². The maximum atomic E-state index is 13.3. The second-order valence-corrected chi connectivity index (χ2v) is 5.71. The second-order valence-electron chi connectivity index (χ2n) is 5.71. The van der Waals surface area contributed by atoms with Crippen molar-refractivity contribution in [1.29, 1.82) is 0 Å². The number of likely N-dealkylation sites (tertiary alicyclic amines) is 1. The first-order valence-electron chi connectivity index (χ1n) is 7.22. The van der Waals surface area contributed by atoms with Crippen molar-refractivity contribution in [3.8, 4) is 11.8 Å². The van der Waals surface area contributed by atoms with E-state index in [4.69, 9.17) is 5.11 Å². The summed E-state index contributed by atoms with van der Waals surface area (Å²) in [5.41, 5.74) is 1.72. The van der Waals surface area contributed by atoms with E-state index in [1.807, 2.05) is 6.07 Å². The van der Waals surface area contributed by atoms with Crippen molar-refractivity contribution >= 4 is 0 Å². The lowest BCUT2D eigenvalue weighted by molar-refractivity contribution is 0.122. The van der Waals surface area contributed by atoms with E-state index in [2.05, 4.69) is 30.6 Å². The number of piperidine rings is 1. The van der Waals surface area contributed by atoms with E-state index in [1.165, 1.54) is 25.0 Å². The summed E-state index contributed by atoms with van der Waals surface area (Å²) in [6, 6.07) is 5.29. The Kier molecular flexibility index (Phi) is 5.17. The Morgan fingerprint density at radius 3 is 2.90 bits per heavy atom. The molecule has 2 nitrogen and oxygen atoms in total. The van der Waals surface area contributed by atoms with Gasteiger partial charge in [0.1, 0.15) is 12.4 Å². The SMILES string of the molecule is CC1CCN(Cc2ccc(F)cc2C#CCO)C(C)C1. The summed E-state index contributed by atoms with van der Waals surface area (Å²) in [5, 5.41) is 8.80. The molecule has 1 fully saturated rings. The lowest BCUT2D eigenvalue weighted by Gasteiger charge is -2.36. The highest BCUT2D eigenvalue weighted by molar-refractivity contribution is 5.41. The van der Waals surface area contributed by atoms with Gasteiger partial charge in [0.2, 0.25) is 0 Å². The Labute approximate surface area is 120 Å². The van der Waals surface area contributed by atoms with E-state index >= 15 is 0 Å². The van der Waals surface area contributed by atoms with Crippen LogP contribution in [-0.4, -0.2) is 29.2 Å². The van der Waals surface area contributed by atoms with Crippen LogP contribution in [0.25, 0.3) is 0 Å². The van der Waals surface area contributed by atoms with Crippen molar-refractivity contribution in [2.75, 3.05) is 13.2 Å². The molecule has 1 aliphatic rings. The highest BCUT2D eigenvalue weighted by Crippen LogP contribution is 2.24. The zero-order chi connectivity index (χ0) is 14.5. The van der Waals surface area contributed by atoms with Crippen molar-refractivity contribution in [2.45, 2.75) is 39.3 Å². The largest absolute Gasteiger partial charge is 0.384 e. The quantitative estimate of drug-likeness (QED) is 0.839. The number of aliphatic hydroxyl groups excluding tert-OH is 1. The maximum Gasteiger partial charge on any atom is 0.124 e. The predicted octanol–water partition coefficient (Wildman–Crippen LogP) is 2.79. The van der Waals surface area contributed by atoms with E-state index in [1.54, 1.807) is 0 Å². The summed E-state index contributed by atoms with van der Waals surface area (Å²) in [4.78, 5) is 2.43. The fraction of sp³-hybridized carbons (Fsp3) is 0.529. The number of rotatable bonds is 2. The van der Waals surface area contributed by atoms with Gasteiger partial charge >= 0.3 is 0 Å². The van der Waals surface area contributed by atoms with Gasteiger partial charge in [-0.15, -0.1) is 0 Å². The molecule has 1 heterocycles. The fourth-order valence-corrected chi connectivity index (χ4v) is 2.85. The van der Waals surface area contributed by atoms with Crippen LogP contribution in [-0.2, 0) is 6.54 Å². The first-order chi connectivity index (χ1) is 9.60. The molecule has 20 heavy (non-hydrogen) atoms. The van der Waals surface area contributed by atoms with Crippen LogP contribution in [0.4, 0.5) is 4.39 Å². The molecule has 0 amide bonds. The molecule has 1 N–H and O–H groups in total. The van der Waals surface area contributed by atoms with Gasteiger partial charge in [-0.05, 0) is 49.9 Å². The molecule has 0 aromatic heterocycles. The predicted molar refractivity (Wildman–Crippen MR) is 78.6 cm³/mol. The van der Waals surface area contributed by atoms with Crippen LogP contribution in [0.2, 0.25) is 0 Å². The van der Waals surface area contributed by atoms with Gasteiger partial charge in [0.25, 0.3) is 0 Å². The third-order valence-corrected chi connectivity index (χ3v) is 4.02. The lowest BCUT2D eigenvalue weighted by atomic mass is 9.92. The average molecular weight is 275 g/mol. The van der Waals surface area contributed by atoms with Crippen molar-refractivity contribution in [2.24, 2.45) is 5.92 Å². The minimum atomic E-state index is -0.281. The zero-order valence-electron chi connectivity index (χ0n) is 12.2. The third-order valence-electron chi connectivity index (χ3n) is 4.02. The summed E-state index contributed by atoms with van der Waals surface area (Å²) in [5.74, 6) is 5.96. The molecule has 108 valence electrons. The molecule has 2 rings (SSSR count). The molecule has 0 spiro atoms. The summed E-state index contributed by atoms with van der Waals surface area (Å²) in [6.45, 7) is 6.21. The summed E-state index contributed by atoms with van der Waals surface area (Å²) >= 11 is 0. The molecular weight excluding hydrogens is 253 g/mol. The number of hydrogen-bond acceptors (Lipinski definition) is 2. The lowest BCUT2D eigenvalue weighted by Crippen LogP contribution is -2.39. The molecule has 2 unspecified atom stereocenters. The number of nitrogens with zero attached hydrogens (tertiary/aromatic N) is 1. The molecule has 0 bridgehead atoms. The van der Waals surface area contributed by atoms with Crippen molar-refractivity contribution in [1.82, 2.24) is 4.90 Å². The molecule has 1 aromatic rings. The Morgan fingerprint density at radius 2 is 2.20 bits per heavy atom. The van der Waals surface area contributed by atoms with Crippen LogP contribution in [0.1, 0.15) is 37.8 Å². The maximum absolute atomic E-state index is 13.3. The Morgan fingerprint density at radius 1 is 1.40 bits per heavy atom. The van der Waals surface area contributed by atoms with Crippen molar-refractivity contribution in [3.63, 3.8) is 0 Å². The van der Waals surface area contributed by atoms with Crippen LogP contribution in [0.5, 0.6) is 0 Å².